The quantitative estimate of drug-likeness (QED) is 0.212. The molecule has 0 bridgehead atoms. The first-order chi connectivity index (χ1) is 18.9. The molecule has 0 fully saturated rings. The van der Waals surface area contributed by atoms with E-state index in [2.05, 4.69) is 5.32 Å². The molecule has 202 valence electrons. The molecule has 39 heavy (non-hydrogen) atoms. The molecule has 1 N–H and O–H groups in total. The van der Waals surface area contributed by atoms with Gasteiger partial charge in [0, 0.05) is 24.4 Å². The molecule has 0 spiro atoms. The van der Waals surface area contributed by atoms with Crippen LogP contribution in [0.1, 0.15) is 31.4 Å². The second-order valence-electron chi connectivity index (χ2n) is 9.56. The summed E-state index contributed by atoms with van der Waals surface area (Å²) in [5.41, 5.74) is 1.71. The number of amides is 2. The summed E-state index contributed by atoms with van der Waals surface area (Å²) >= 11 is 12.4. The fraction of sp³-hybridized carbons (Fsp3) is 0.250. The summed E-state index contributed by atoms with van der Waals surface area (Å²) in [6, 6.07) is 27.7. The summed E-state index contributed by atoms with van der Waals surface area (Å²) < 4.78 is 6.05. The van der Waals surface area contributed by atoms with Crippen LogP contribution in [0.2, 0.25) is 10.0 Å². The highest BCUT2D eigenvalue weighted by molar-refractivity contribution is 6.42. The smallest absolute Gasteiger partial charge is 0.261 e. The van der Waals surface area contributed by atoms with Crippen LogP contribution in [0.5, 0.6) is 5.75 Å². The molecule has 0 aromatic heterocycles. The monoisotopic (exact) mass is 562 g/mol. The van der Waals surface area contributed by atoms with Gasteiger partial charge in [0.15, 0.2) is 6.61 Å². The summed E-state index contributed by atoms with van der Waals surface area (Å²) in [6.45, 7) is 3.90. The van der Waals surface area contributed by atoms with Crippen molar-refractivity contribution in [2.75, 3.05) is 6.61 Å². The van der Waals surface area contributed by atoms with Crippen molar-refractivity contribution in [1.29, 1.82) is 0 Å². The normalized spacial score (nSPS) is 12.5. The molecule has 0 aliphatic heterocycles. The topological polar surface area (TPSA) is 58.6 Å². The third-order valence-electron chi connectivity index (χ3n) is 6.71. The largest absolute Gasteiger partial charge is 0.483 e. The second kappa shape index (κ2) is 13.5. The van der Waals surface area contributed by atoms with Gasteiger partial charge in [-0.2, -0.15) is 0 Å². The van der Waals surface area contributed by atoms with E-state index in [4.69, 9.17) is 27.9 Å². The Morgan fingerprint density at radius 1 is 0.872 bits per heavy atom. The second-order valence-corrected chi connectivity index (χ2v) is 10.4. The summed E-state index contributed by atoms with van der Waals surface area (Å²) in [5.74, 6) is 0.0839. The standard InChI is InChI=1S/C32H32Cl2N2O3/c1-3-22(2)35-32(38)29(19-23-10-5-4-6-11-23)36(20-24-16-17-27(33)28(34)18-24)31(37)21-39-30-15-9-13-25-12-7-8-14-26(25)30/h4-18,22,29H,3,19-21H2,1-2H3,(H,35,38)/t22-,29+/m1/s1. The predicted octanol–water partition coefficient (Wildman–Crippen LogP) is 7.08. The zero-order chi connectivity index (χ0) is 27.8. The molecule has 4 aromatic rings. The van der Waals surface area contributed by atoms with Crippen LogP contribution in [-0.2, 0) is 22.6 Å². The molecule has 0 saturated carbocycles. The zero-order valence-corrected chi connectivity index (χ0v) is 23.6. The van der Waals surface area contributed by atoms with Crippen molar-refractivity contribution in [3.63, 3.8) is 0 Å². The van der Waals surface area contributed by atoms with Crippen LogP contribution in [0, 0.1) is 0 Å². The van der Waals surface area contributed by atoms with Crippen LogP contribution in [-0.4, -0.2) is 35.4 Å². The van der Waals surface area contributed by atoms with Crippen LogP contribution in [0.15, 0.2) is 91.0 Å². The number of fused-ring (bicyclic) bond motifs is 1. The number of halogens is 2. The van der Waals surface area contributed by atoms with E-state index in [1.54, 1.807) is 17.0 Å². The lowest BCUT2D eigenvalue weighted by molar-refractivity contribution is -0.143. The SMILES string of the molecule is CC[C@@H](C)NC(=O)[C@H](Cc1ccccc1)N(Cc1ccc(Cl)c(Cl)c1)C(=O)COc1cccc2ccccc12. The van der Waals surface area contributed by atoms with Crippen molar-refractivity contribution in [1.82, 2.24) is 10.2 Å². The lowest BCUT2D eigenvalue weighted by Crippen LogP contribution is -2.53. The highest BCUT2D eigenvalue weighted by atomic mass is 35.5. The Morgan fingerprint density at radius 2 is 1.59 bits per heavy atom. The lowest BCUT2D eigenvalue weighted by Gasteiger charge is -2.32. The van der Waals surface area contributed by atoms with Gasteiger partial charge < -0.3 is 15.0 Å². The third-order valence-corrected chi connectivity index (χ3v) is 7.45. The van der Waals surface area contributed by atoms with E-state index in [-0.39, 0.29) is 31.0 Å². The average molecular weight is 564 g/mol. The maximum atomic E-state index is 13.9. The van der Waals surface area contributed by atoms with Gasteiger partial charge in [-0.3, -0.25) is 9.59 Å². The fourth-order valence-corrected chi connectivity index (χ4v) is 4.69. The summed E-state index contributed by atoms with van der Waals surface area (Å²) in [7, 11) is 0. The molecule has 0 heterocycles. The maximum Gasteiger partial charge on any atom is 0.261 e. The summed E-state index contributed by atoms with van der Waals surface area (Å²) in [5, 5.41) is 5.81. The molecule has 5 nitrogen and oxygen atoms in total. The number of hydrogen-bond acceptors (Lipinski definition) is 3. The fourth-order valence-electron chi connectivity index (χ4n) is 4.37. The van der Waals surface area contributed by atoms with Gasteiger partial charge in [-0.15, -0.1) is 0 Å². The lowest BCUT2D eigenvalue weighted by atomic mass is 10.0. The predicted molar refractivity (Wildman–Crippen MR) is 158 cm³/mol. The highest BCUT2D eigenvalue weighted by Gasteiger charge is 2.31. The van der Waals surface area contributed by atoms with Gasteiger partial charge >= 0.3 is 0 Å². The number of nitrogens with zero attached hydrogens (tertiary/aromatic N) is 1. The van der Waals surface area contributed by atoms with E-state index >= 15 is 0 Å². The van der Waals surface area contributed by atoms with Gasteiger partial charge in [0.05, 0.1) is 10.0 Å². The summed E-state index contributed by atoms with van der Waals surface area (Å²) in [4.78, 5) is 29.1. The van der Waals surface area contributed by atoms with E-state index in [0.29, 0.717) is 22.2 Å². The molecular weight excluding hydrogens is 531 g/mol. The Kier molecular flexibility index (Phi) is 9.85. The Morgan fingerprint density at radius 3 is 2.33 bits per heavy atom. The van der Waals surface area contributed by atoms with Crippen molar-refractivity contribution in [2.45, 2.75) is 45.3 Å². The molecule has 2 atom stereocenters. The molecule has 0 saturated heterocycles. The van der Waals surface area contributed by atoms with Crippen molar-refractivity contribution in [3.05, 3.63) is 112 Å². The maximum absolute atomic E-state index is 13.9. The minimum Gasteiger partial charge on any atom is -0.483 e. The molecule has 2 amide bonds. The molecule has 0 aliphatic rings. The molecule has 0 aliphatic carbocycles. The van der Waals surface area contributed by atoms with Crippen molar-refractivity contribution < 1.29 is 14.3 Å². The van der Waals surface area contributed by atoms with E-state index in [0.717, 1.165) is 28.3 Å². The first kappa shape index (κ1) is 28.5. The Bertz CT molecular complexity index is 1420. The molecule has 4 rings (SSSR count). The zero-order valence-electron chi connectivity index (χ0n) is 22.1. The number of nitrogens with one attached hydrogen (secondary N) is 1. The van der Waals surface area contributed by atoms with Gasteiger partial charge in [-0.1, -0.05) is 103 Å². The number of ether oxygens (including phenoxy) is 1. The van der Waals surface area contributed by atoms with E-state index < -0.39 is 6.04 Å². The summed E-state index contributed by atoms with van der Waals surface area (Å²) in [6.07, 6.45) is 1.12. The molecule has 0 unspecified atom stereocenters. The van der Waals surface area contributed by atoms with Gasteiger partial charge in [0.2, 0.25) is 5.91 Å². The van der Waals surface area contributed by atoms with Crippen molar-refractivity contribution in [3.8, 4) is 5.75 Å². The number of hydrogen-bond donors (Lipinski definition) is 1. The van der Waals surface area contributed by atoms with Gasteiger partial charge in [-0.25, -0.2) is 0 Å². The third kappa shape index (κ3) is 7.53. The molecule has 0 radical (unpaired) electrons. The van der Waals surface area contributed by atoms with Crippen LogP contribution in [0.3, 0.4) is 0 Å². The van der Waals surface area contributed by atoms with Crippen LogP contribution >= 0.6 is 23.2 Å². The molecular formula is C32H32Cl2N2O3. The number of benzene rings is 4. The first-order valence-electron chi connectivity index (χ1n) is 13.0. The Balaban J connectivity index is 1.66. The van der Waals surface area contributed by atoms with Crippen LogP contribution in [0.4, 0.5) is 0 Å². The number of carbonyl (C=O) groups excluding carboxylic acids is 2. The molecule has 7 heteroatoms. The van der Waals surface area contributed by atoms with E-state index in [1.165, 1.54) is 0 Å². The van der Waals surface area contributed by atoms with Gasteiger partial charge in [-0.05, 0) is 48.1 Å². The van der Waals surface area contributed by atoms with Crippen LogP contribution in [0.25, 0.3) is 10.8 Å². The Hall–Kier alpha value is -3.54. The van der Waals surface area contributed by atoms with E-state index in [9.17, 15) is 9.59 Å². The Labute approximate surface area is 239 Å². The van der Waals surface area contributed by atoms with Crippen LogP contribution < -0.4 is 10.1 Å². The number of carbonyl (C=O) groups is 2. The van der Waals surface area contributed by atoms with Gasteiger partial charge in [0.25, 0.3) is 5.91 Å². The minimum absolute atomic E-state index is 0.0374. The minimum atomic E-state index is -0.764. The van der Waals surface area contributed by atoms with Crippen molar-refractivity contribution in [2.24, 2.45) is 0 Å². The van der Waals surface area contributed by atoms with Gasteiger partial charge in [0.1, 0.15) is 11.8 Å². The van der Waals surface area contributed by atoms with Crippen molar-refractivity contribution >= 4 is 45.8 Å². The average Bonchev–Trinajstić information content (AvgIpc) is 2.95. The van der Waals surface area contributed by atoms with E-state index in [1.807, 2.05) is 92.7 Å². The number of rotatable bonds is 11. The highest BCUT2D eigenvalue weighted by Crippen LogP contribution is 2.27. The molecule has 4 aromatic carbocycles. The first-order valence-corrected chi connectivity index (χ1v) is 13.8.